The van der Waals surface area contributed by atoms with E-state index in [0.717, 1.165) is 17.1 Å². The van der Waals surface area contributed by atoms with E-state index in [0.29, 0.717) is 6.54 Å². The Bertz CT molecular complexity index is 386. The fraction of sp³-hybridized carbons (Fsp3) is 0.917. The molecule has 0 amide bonds. The van der Waals surface area contributed by atoms with Gasteiger partial charge in [0.25, 0.3) is 10.2 Å². The van der Waals surface area contributed by atoms with Gasteiger partial charge in [0.2, 0.25) is 0 Å². The van der Waals surface area contributed by atoms with Crippen LogP contribution in [0.1, 0.15) is 33.1 Å². The largest absolute Gasteiger partial charge is 0.469 e. The summed E-state index contributed by atoms with van der Waals surface area (Å²) in [5.41, 5.74) is 0. The van der Waals surface area contributed by atoms with Crippen molar-refractivity contribution in [3.63, 3.8) is 0 Å². The van der Waals surface area contributed by atoms with Gasteiger partial charge in [-0.05, 0) is 19.1 Å². The summed E-state index contributed by atoms with van der Waals surface area (Å²) in [5, 5.41) is 0. The first-order chi connectivity index (χ1) is 9.26. The summed E-state index contributed by atoms with van der Waals surface area (Å²) in [7, 11) is -0.835. The molecule has 6 nitrogen and oxygen atoms in total. The summed E-state index contributed by atoms with van der Waals surface area (Å²) in [4.78, 5) is 11.0. The molecule has 0 aliphatic heterocycles. The van der Waals surface area contributed by atoms with E-state index in [4.69, 9.17) is 0 Å². The van der Waals surface area contributed by atoms with Crippen LogP contribution in [0, 0.1) is 0 Å². The molecule has 0 aliphatic rings. The van der Waals surface area contributed by atoms with Crippen LogP contribution in [-0.4, -0.2) is 56.9 Å². The van der Waals surface area contributed by atoms with E-state index in [1.165, 1.54) is 14.2 Å². The van der Waals surface area contributed by atoms with Gasteiger partial charge in [-0.3, -0.25) is 4.79 Å². The zero-order chi connectivity index (χ0) is 15.8. The summed E-state index contributed by atoms with van der Waals surface area (Å²) < 4.78 is 32.3. The number of nitrogens with zero attached hydrogens (tertiary/aromatic N) is 1. The molecule has 120 valence electrons. The highest BCUT2D eigenvalue weighted by atomic mass is 32.2. The van der Waals surface area contributed by atoms with Gasteiger partial charge >= 0.3 is 5.97 Å². The monoisotopic (exact) mass is 326 g/mol. The number of hydrogen-bond acceptors (Lipinski definition) is 5. The van der Waals surface area contributed by atoms with E-state index in [1.807, 2.05) is 6.26 Å². The third-order valence-electron chi connectivity index (χ3n) is 3.57. The van der Waals surface area contributed by atoms with Gasteiger partial charge in [0.1, 0.15) is 0 Å². The zero-order valence-electron chi connectivity index (χ0n) is 12.9. The molecule has 0 fully saturated rings. The molecule has 0 unspecified atom stereocenters. The van der Waals surface area contributed by atoms with Gasteiger partial charge in [-0.2, -0.15) is 24.5 Å². The SMILES string of the molecule is CCC(CC)(CNS(=O)(=O)N(C)CCC(=O)OC)SC. The van der Waals surface area contributed by atoms with Crippen molar-refractivity contribution in [2.75, 3.05) is 33.5 Å². The number of thioether (sulfide) groups is 1. The average molecular weight is 326 g/mol. The van der Waals surface area contributed by atoms with E-state index in [1.54, 1.807) is 11.8 Å². The number of ether oxygens (including phenoxy) is 1. The summed E-state index contributed by atoms with van der Waals surface area (Å²) in [6.07, 6.45) is 3.81. The topological polar surface area (TPSA) is 75.7 Å². The Morgan fingerprint density at radius 2 is 1.90 bits per heavy atom. The molecule has 0 radical (unpaired) electrons. The van der Waals surface area contributed by atoms with E-state index in [9.17, 15) is 13.2 Å². The minimum absolute atomic E-state index is 0.0448. The first kappa shape index (κ1) is 19.7. The minimum Gasteiger partial charge on any atom is -0.469 e. The zero-order valence-corrected chi connectivity index (χ0v) is 14.6. The summed E-state index contributed by atoms with van der Waals surface area (Å²) >= 11 is 1.67. The highest BCUT2D eigenvalue weighted by Gasteiger charge is 2.28. The molecule has 0 rings (SSSR count). The number of carbonyl (C=O) groups excluding carboxylic acids is 1. The van der Waals surface area contributed by atoms with Crippen molar-refractivity contribution in [3.8, 4) is 0 Å². The van der Waals surface area contributed by atoms with E-state index < -0.39 is 16.2 Å². The van der Waals surface area contributed by atoms with Gasteiger partial charge in [-0.15, -0.1) is 0 Å². The minimum atomic E-state index is -3.57. The fourth-order valence-corrected chi connectivity index (χ4v) is 3.56. The normalized spacial score (nSPS) is 12.7. The van der Waals surface area contributed by atoms with Gasteiger partial charge in [0, 0.05) is 24.9 Å². The average Bonchev–Trinajstić information content (AvgIpc) is 2.46. The number of nitrogens with one attached hydrogen (secondary N) is 1. The molecule has 0 aromatic heterocycles. The predicted molar refractivity (Wildman–Crippen MR) is 83.0 cm³/mol. The lowest BCUT2D eigenvalue weighted by atomic mass is 10.0. The highest BCUT2D eigenvalue weighted by molar-refractivity contribution is 8.00. The lowest BCUT2D eigenvalue weighted by Crippen LogP contribution is -2.45. The van der Waals surface area contributed by atoms with Gasteiger partial charge in [-0.25, -0.2) is 4.72 Å². The lowest BCUT2D eigenvalue weighted by Gasteiger charge is -2.30. The van der Waals surface area contributed by atoms with Crippen LogP contribution in [0.5, 0.6) is 0 Å². The molecule has 0 heterocycles. The predicted octanol–water partition coefficient (Wildman–Crippen LogP) is 1.24. The molecule has 0 atom stereocenters. The molecule has 0 saturated heterocycles. The second kappa shape index (κ2) is 8.86. The van der Waals surface area contributed by atoms with Crippen LogP contribution in [0.4, 0.5) is 0 Å². The van der Waals surface area contributed by atoms with Crippen molar-refractivity contribution < 1.29 is 17.9 Å². The maximum Gasteiger partial charge on any atom is 0.306 e. The summed E-state index contributed by atoms with van der Waals surface area (Å²) in [5.74, 6) is -0.423. The van der Waals surface area contributed by atoms with Gasteiger partial charge < -0.3 is 4.74 Å². The molecule has 8 heteroatoms. The quantitative estimate of drug-likeness (QED) is 0.611. The van der Waals surface area contributed by atoms with Crippen LogP contribution in [-0.2, 0) is 19.7 Å². The van der Waals surface area contributed by atoms with Crippen LogP contribution in [0.3, 0.4) is 0 Å². The van der Waals surface area contributed by atoms with Crippen molar-refractivity contribution in [3.05, 3.63) is 0 Å². The first-order valence-electron chi connectivity index (χ1n) is 6.59. The van der Waals surface area contributed by atoms with Crippen molar-refractivity contribution in [2.24, 2.45) is 0 Å². The van der Waals surface area contributed by atoms with E-state index >= 15 is 0 Å². The fourth-order valence-electron chi connectivity index (χ4n) is 1.66. The molecule has 20 heavy (non-hydrogen) atoms. The van der Waals surface area contributed by atoms with Gasteiger partial charge in [0.05, 0.1) is 13.5 Å². The second-order valence-corrected chi connectivity index (χ2v) is 7.70. The maximum absolute atomic E-state index is 12.1. The molecule has 0 aromatic carbocycles. The molecule has 0 spiro atoms. The van der Waals surface area contributed by atoms with Crippen LogP contribution in [0.15, 0.2) is 0 Å². The standard InChI is InChI=1S/C12H26N2O4S2/c1-6-12(7-2,19-5)10-13-20(16,17)14(3)9-8-11(15)18-4/h13H,6-10H2,1-5H3. The van der Waals surface area contributed by atoms with Crippen molar-refractivity contribution >= 4 is 27.9 Å². The first-order valence-corrected chi connectivity index (χ1v) is 9.26. The number of esters is 1. The van der Waals surface area contributed by atoms with Crippen molar-refractivity contribution in [1.82, 2.24) is 9.03 Å². The second-order valence-electron chi connectivity index (χ2n) is 4.57. The Morgan fingerprint density at radius 3 is 2.30 bits per heavy atom. The Hall–Kier alpha value is -0.310. The molecule has 0 saturated carbocycles. The van der Waals surface area contributed by atoms with Gasteiger partial charge in [0.15, 0.2) is 0 Å². The Morgan fingerprint density at radius 1 is 1.35 bits per heavy atom. The summed E-state index contributed by atoms with van der Waals surface area (Å²) in [6.45, 7) is 4.59. The highest BCUT2D eigenvalue weighted by Crippen LogP contribution is 2.29. The van der Waals surface area contributed by atoms with Crippen LogP contribution in [0.2, 0.25) is 0 Å². The smallest absolute Gasteiger partial charge is 0.306 e. The molecular weight excluding hydrogens is 300 g/mol. The Balaban J connectivity index is 4.54. The third-order valence-corrected chi connectivity index (χ3v) is 6.67. The summed E-state index contributed by atoms with van der Waals surface area (Å²) in [6, 6.07) is 0. The van der Waals surface area contributed by atoms with E-state index in [-0.39, 0.29) is 17.7 Å². The maximum atomic E-state index is 12.1. The molecule has 0 aliphatic carbocycles. The number of carbonyl (C=O) groups is 1. The Kier molecular flexibility index (Phi) is 8.72. The van der Waals surface area contributed by atoms with Crippen LogP contribution in [0.25, 0.3) is 0 Å². The number of rotatable bonds is 10. The number of hydrogen-bond donors (Lipinski definition) is 1. The van der Waals surface area contributed by atoms with Crippen LogP contribution < -0.4 is 4.72 Å². The molecule has 0 bridgehead atoms. The lowest BCUT2D eigenvalue weighted by molar-refractivity contribution is -0.140. The molecule has 0 aromatic rings. The van der Waals surface area contributed by atoms with Crippen molar-refractivity contribution in [2.45, 2.75) is 37.9 Å². The Labute approximate surface area is 126 Å². The molecule has 1 N–H and O–H groups in total. The van der Waals surface area contributed by atoms with Crippen LogP contribution >= 0.6 is 11.8 Å². The van der Waals surface area contributed by atoms with E-state index in [2.05, 4.69) is 23.3 Å². The third kappa shape index (κ3) is 5.99. The van der Waals surface area contributed by atoms with Gasteiger partial charge in [-0.1, -0.05) is 13.8 Å². The number of methoxy groups -OCH3 is 1. The molecular formula is C12H26N2O4S2. The van der Waals surface area contributed by atoms with Crippen molar-refractivity contribution in [1.29, 1.82) is 0 Å².